The molecule has 0 aromatic heterocycles. The number of halogens is 1. The lowest BCUT2D eigenvalue weighted by molar-refractivity contribution is -0.126. The third-order valence-corrected chi connectivity index (χ3v) is 3.17. The topological polar surface area (TPSA) is 84.5 Å². The van der Waals surface area contributed by atoms with Gasteiger partial charge in [0.05, 0.1) is 4.90 Å². The molecule has 1 aromatic rings. The second kappa shape index (κ2) is 6.98. The van der Waals surface area contributed by atoms with Crippen molar-refractivity contribution in [2.24, 2.45) is 0 Å². The molecule has 0 aliphatic heterocycles. The van der Waals surface area contributed by atoms with Crippen molar-refractivity contribution in [3.05, 3.63) is 42.7 Å². The SMILES string of the molecule is C=CCNC(=O)CONS(=O)(=O)c1ccc(F)cc1. The molecule has 19 heavy (non-hydrogen) atoms. The van der Waals surface area contributed by atoms with Crippen LogP contribution in [0.5, 0.6) is 0 Å². The fourth-order valence-electron chi connectivity index (χ4n) is 1.07. The lowest BCUT2D eigenvalue weighted by atomic mass is 10.4. The van der Waals surface area contributed by atoms with Crippen molar-refractivity contribution in [1.29, 1.82) is 0 Å². The first-order valence-electron chi connectivity index (χ1n) is 5.22. The average molecular weight is 288 g/mol. The minimum atomic E-state index is -3.93. The Morgan fingerprint density at radius 3 is 2.58 bits per heavy atom. The van der Waals surface area contributed by atoms with E-state index in [2.05, 4.69) is 16.7 Å². The Morgan fingerprint density at radius 1 is 1.37 bits per heavy atom. The van der Waals surface area contributed by atoms with E-state index in [1.165, 1.54) is 6.08 Å². The molecular weight excluding hydrogens is 275 g/mol. The number of carbonyl (C=O) groups excluding carboxylic acids is 1. The lowest BCUT2D eigenvalue weighted by Gasteiger charge is -2.07. The quantitative estimate of drug-likeness (QED) is 0.559. The van der Waals surface area contributed by atoms with Crippen molar-refractivity contribution >= 4 is 15.9 Å². The van der Waals surface area contributed by atoms with Crippen LogP contribution in [0, 0.1) is 5.82 Å². The second-order valence-electron chi connectivity index (χ2n) is 3.42. The fourth-order valence-corrected chi connectivity index (χ4v) is 1.88. The summed E-state index contributed by atoms with van der Waals surface area (Å²) in [6.45, 7) is 3.18. The van der Waals surface area contributed by atoms with Crippen LogP contribution < -0.4 is 10.2 Å². The third-order valence-electron chi connectivity index (χ3n) is 1.94. The summed E-state index contributed by atoms with van der Waals surface area (Å²) in [7, 11) is -3.93. The summed E-state index contributed by atoms with van der Waals surface area (Å²) < 4.78 is 35.9. The van der Waals surface area contributed by atoms with E-state index in [-0.39, 0.29) is 11.4 Å². The summed E-state index contributed by atoms with van der Waals surface area (Å²) >= 11 is 0. The molecule has 0 atom stereocenters. The van der Waals surface area contributed by atoms with E-state index in [1.807, 2.05) is 0 Å². The van der Waals surface area contributed by atoms with Gasteiger partial charge >= 0.3 is 0 Å². The highest BCUT2D eigenvalue weighted by Gasteiger charge is 2.14. The molecule has 2 N–H and O–H groups in total. The van der Waals surface area contributed by atoms with E-state index >= 15 is 0 Å². The zero-order valence-electron chi connectivity index (χ0n) is 9.93. The van der Waals surface area contributed by atoms with E-state index in [9.17, 15) is 17.6 Å². The van der Waals surface area contributed by atoms with Crippen LogP contribution in [0.2, 0.25) is 0 Å². The number of benzene rings is 1. The summed E-state index contributed by atoms with van der Waals surface area (Å²) in [6, 6.07) is 4.17. The molecule has 0 saturated heterocycles. The Balaban J connectivity index is 2.50. The molecule has 104 valence electrons. The molecule has 0 aliphatic rings. The first-order valence-corrected chi connectivity index (χ1v) is 6.71. The number of nitrogens with one attached hydrogen (secondary N) is 2. The molecular formula is C11H13FN2O4S. The highest BCUT2D eigenvalue weighted by Crippen LogP contribution is 2.09. The number of hydrogen-bond acceptors (Lipinski definition) is 4. The van der Waals surface area contributed by atoms with Gasteiger partial charge in [-0.3, -0.25) is 9.63 Å². The molecule has 6 nitrogen and oxygen atoms in total. The Morgan fingerprint density at radius 2 is 2.00 bits per heavy atom. The number of hydrogen-bond donors (Lipinski definition) is 2. The first-order chi connectivity index (χ1) is 8.95. The molecule has 0 fully saturated rings. The van der Waals surface area contributed by atoms with Crippen LogP contribution in [0.3, 0.4) is 0 Å². The maximum atomic E-state index is 12.6. The van der Waals surface area contributed by atoms with Gasteiger partial charge in [-0.2, -0.15) is 0 Å². The van der Waals surface area contributed by atoms with Crippen LogP contribution in [0.15, 0.2) is 41.8 Å². The fraction of sp³-hybridized carbons (Fsp3) is 0.182. The van der Waals surface area contributed by atoms with Crippen molar-refractivity contribution in [3.8, 4) is 0 Å². The Bertz CT molecular complexity index is 542. The monoisotopic (exact) mass is 288 g/mol. The molecule has 1 amide bonds. The van der Waals surface area contributed by atoms with Crippen LogP contribution in [-0.2, 0) is 19.7 Å². The normalized spacial score (nSPS) is 11.0. The molecule has 0 unspecified atom stereocenters. The average Bonchev–Trinajstić information content (AvgIpc) is 2.36. The minimum Gasteiger partial charge on any atom is -0.351 e. The molecule has 0 heterocycles. The summed E-state index contributed by atoms with van der Waals surface area (Å²) in [5, 5.41) is 2.40. The van der Waals surface area contributed by atoms with Crippen LogP contribution >= 0.6 is 0 Å². The predicted molar refractivity (Wildman–Crippen MR) is 65.9 cm³/mol. The van der Waals surface area contributed by atoms with Gasteiger partial charge in [0.1, 0.15) is 12.4 Å². The largest absolute Gasteiger partial charge is 0.351 e. The van der Waals surface area contributed by atoms with E-state index in [0.29, 0.717) is 0 Å². The number of rotatable bonds is 7. The van der Waals surface area contributed by atoms with E-state index in [4.69, 9.17) is 0 Å². The zero-order valence-corrected chi connectivity index (χ0v) is 10.7. The van der Waals surface area contributed by atoms with Crippen molar-refractivity contribution in [3.63, 3.8) is 0 Å². The number of carbonyl (C=O) groups is 1. The van der Waals surface area contributed by atoms with Crippen LogP contribution in [0.4, 0.5) is 4.39 Å². The smallest absolute Gasteiger partial charge is 0.262 e. The molecule has 0 spiro atoms. The molecule has 0 saturated carbocycles. The zero-order chi connectivity index (χ0) is 14.3. The maximum absolute atomic E-state index is 12.6. The van der Waals surface area contributed by atoms with Gasteiger partial charge in [-0.05, 0) is 24.3 Å². The number of amides is 1. The van der Waals surface area contributed by atoms with Gasteiger partial charge in [0, 0.05) is 6.54 Å². The van der Waals surface area contributed by atoms with Gasteiger partial charge in [-0.15, -0.1) is 6.58 Å². The summed E-state index contributed by atoms with van der Waals surface area (Å²) in [5.41, 5.74) is 0. The second-order valence-corrected chi connectivity index (χ2v) is 5.07. The van der Waals surface area contributed by atoms with Gasteiger partial charge in [-0.25, -0.2) is 12.8 Å². The van der Waals surface area contributed by atoms with Crippen molar-refractivity contribution in [2.75, 3.05) is 13.2 Å². The van der Waals surface area contributed by atoms with Crippen LogP contribution in [-0.4, -0.2) is 27.5 Å². The molecule has 1 rings (SSSR count). The van der Waals surface area contributed by atoms with Crippen molar-refractivity contribution in [1.82, 2.24) is 10.2 Å². The van der Waals surface area contributed by atoms with E-state index in [1.54, 1.807) is 4.89 Å². The highest BCUT2D eigenvalue weighted by atomic mass is 32.2. The summed E-state index contributed by atoms with van der Waals surface area (Å²) in [5.74, 6) is -1.05. The van der Waals surface area contributed by atoms with Gasteiger partial charge in [0.15, 0.2) is 0 Å². The molecule has 0 radical (unpaired) electrons. The highest BCUT2D eigenvalue weighted by molar-refractivity contribution is 7.89. The summed E-state index contributed by atoms with van der Waals surface area (Å²) in [4.78, 5) is 17.3. The Hall–Kier alpha value is -1.77. The maximum Gasteiger partial charge on any atom is 0.262 e. The standard InChI is InChI=1S/C11H13FN2O4S/c1-2-7-13-11(15)8-18-14-19(16,17)10-5-3-9(12)4-6-10/h2-6,14H,1,7-8H2,(H,13,15). The first kappa shape index (κ1) is 15.3. The molecule has 1 aromatic carbocycles. The lowest BCUT2D eigenvalue weighted by Crippen LogP contribution is -2.33. The molecule has 8 heteroatoms. The van der Waals surface area contributed by atoms with Crippen molar-refractivity contribution < 1.29 is 22.4 Å². The summed E-state index contributed by atoms with van der Waals surface area (Å²) in [6.07, 6.45) is 1.47. The Kier molecular flexibility index (Phi) is 5.61. The predicted octanol–water partition coefficient (Wildman–Crippen LogP) is 0.338. The number of sulfonamides is 1. The molecule has 0 bridgehead atoms. The minimum absolute atomic E-state index is 0.166. The molecule has 0 aliphatic carbocycles. The van der Waals surface area contributed by atoms with E-state index in [0.717, 1.165) is 24.3 Å². The van der Waals surface area contributed by atoms with Crippen LogP contribution in [0.25, 0.3) is 0 Å². The van der Waals surface area contributed by atoms with Crippen molar-refractivity contribution in [2.45, 2.75) is 4.90 Å². The van der Waals surface area contributed by atoms with Gasteiger partial charge in [-0.1, -0.05) is 11.0 Å². The van der Waals surface area contributed by atoms with Gasteiger partial charge < -0.3 is 5.32 Å². The van der Waals surface area contributed by atoms with E-state index < -0.39 is 28.4 Å². The van der Waals surface area contributed by atoms with Crippen LogP contribution in [0.1, 0.15) is 0 Å². The Labute approximate surface area is 110 Å². The van der Waals surface area contributed by atoms with Gasteiger partial charge in [0.2, 0.25) is 5.91 Å². The van der Waals surface area contributed by atoms with Gasteiger partial charge in [0.25, 0.3) is 10.0 Å². The third kappa shape index (κ3) is 5.16.